The van der Waals surface area contributed by atoms with E-state index in [1.165, 1.54) is 0 Å². The molecule has 0 amide bonds. The lowest BCUT2D eigenvalue weighted by molar-refractivity contribution is -0.111. The van der Waals surface area contributed by atoms with Gasteiger partial charge in [0, 0.05) is 0 Å². The number of carbonyl (C=O) groups excluding carboxylic acids is 1. The second-order valence-corrected chi connectivity index (χ2v) is 4.04. The second-order valence-electron chi connectivity index (χ2n) is 4.04. The smallest absolute Gasteiger partial charge is 0.428 e. The molecule has 80 valence electrons. The molecule has 1 rings (SSSR count). The van der Waals surface area contributed by atoms with E-state index in [-0.39, 0.29) is 0 Å². The summed E-state index contributed by atoms with van der Waals surface area (Å²) in [6.45, 7) is 5.92. The maximum absolute atomic E-state index is 11.2. The zero-order valence-electron chi connectivity index (χ0n) is 8.78. The van der Waals surface area contributed by atoms with Gasteiger partial charge in [-0.1, -0.05) is 6.08 Å². The topological polar surface area (TPSA) is 44.8 Å². The molecular weight excluding hydrogens is 184 g/mol. The van der Waals surface area contributed by atoms with Crippen LogP contribution in [0.1, 0.15) is 27.2 Å². The molecule has 1 unspecified atom stereocenters. The molecular formula is C10H16O4. The van der Waals surface area contributed by atoms with Crippen LogP contribution in [0.2, 0.25) is 0 Å². The zero-order valence-corrected chi connectivity index (χ0v) is 8.78. The van der Waals surface area contributed by atoms with Crippen LogP contribution in [0.25, 0.3) is 0 Å². The minimum Gasteiger partial charge on any atom is -0.428 e. The van der Waals surface area contributed by atoms with Gasteiger partial charge in [0.05, 0.1) is 6.61 Å². The highest BCUT2D eigenvalue weighted by molar-refractivity contribution is 5.60. The van der Waals surface area contributed by atoms with E-state index >= 15 is 0 Å². The molecule has 0 saturated carbocycles. The van der Waals surface area contributed by atoms with Gasteiger partial charge in [0.25, 0.3) is 0 Å². The van der Waals surface area contributed by atoms with Crippen LogP contribution in [0, 0.1) is 0 Å². The molecule has 0 spiro atoms. The highest BCUT2D eigenvalue weighted by atomic mass is 16.8. The molecule has 1 aliphatic rings. The lowest BCUT2D eigenvalue weighted by Crippen LogP contribution is -2.29. The van der Waals surface area contributed by atoms with Crippen LogP contribution >= 0.6 is 0 Å². The Hall–Kier alpha value is -1.03. The normalized spacial score (nSPS) is 21.8. The van der Waals surface area contributed by atoms with Gasteiger partial charge in [-0.05, 0) is 33.3 Å². The fourth-order valence-electron chi connectivity index (χ4n) is 0.957. The molecule has 1 atom stereocenters. The van der Waals surface area contributed by atoms with E-state index in [2.05, 4.69) is 0 Å². The Morgan fingerprint density at radius 3 is 2.71 bits per heavy atom. The second kappa shape index (κ2) is 4.46. The van der Waals surface area contributed by atoms with E-state index in [0.29, 0.717) is 6.61 Å². The van der Waals surface area contributed by atoms with Crippen molar-refractivity contribution in [1.29, 1.82) is 0 Å². The Morgan fingerprint density at radius 1 is 1.50 bits per heavy atom. The highest BCUT2D eigenvalue weighted by Crippen LogP contribution is 2.11. The number of rotatable bonds is 1. The summed E-state index contributed by atoms with van der Waals surface area (Å²) in [6.07, 6.45) is 3.17. The Bertz CT molecular complexity index is 227. The third-order valence-corrected chi connectivity index (χ3v) is 1.46. The summed E-state index contributed by atoms with van der Waals surface area (Å²) in [5.41, 5.74) is -0.532. The first-order chi connectivity index (χ1) is 6.47. The van der Waals surface area contributed by atoms with Crippen molar-refractivity contribution >= 4 is 6.16 Å². The van der Waals surface area contributed by atoms with E-state index in [1.54, 1.807) is 26.8 Å². The summed E-state index contributed by atoms with van der Waals surface area (Å²) in [7, 11) is 0. The third kappa shape index (κ3) is 4.28. The van der Waals surface area contributed by atoms with Gasteiger partial charge in [-0.3, -0.25) is 0 Å². The quantitative estimate of drug-likeness (QED) is 0.481. The minimum absolute atomic E-state index is 0.532. The third-order valence-electron chi connectivity index (χ3n) is 1.46. The molecule has 1 heterocycles. The molecule has 0 saturated heterocycles. The van der Waals surface area contributed by atoms with Gasteiger partial charge >= 0.3 is 6.16 Å². The minimum atomic E-state index is -0.700. The van der Waals surface area contributed by atoms with Crippen molar-refractivity contribution in [3.63, 3.8) is 0 Å². The SMILES string of the molecule is CC(C)(C)OC(=O)OC1C=CCCO1. The van der Waals surface area contributed by atoms with E-state index < -0.39 is 18.0 Å². The van der Waals surface area contributed by atoms with Gasteiger partial charge in [0.1, 0.15) is 5.60 Å². The van der Waals surface area contributed by atoms with Gasteiger partial charge in [0.15, 0.2) is 0 Å². The van der Waals surface area contributed by atoms with Gasteiger partial charge in [-0.25, -0.2) is 4.79 Å². The molecule has 0 fully saturated rings. The molecule has 0 aromatic heterocycles. The van der Waals surface area contributed by atoms with Gasteiger partial charge in [0.2, 0.25) is 6.29 Å². The molecule has 0 aromatic carbocycles. The summed E-state index contributed by atoms with van der Waals surface area (Å²) < 4.78 is 15.0. The first kappa shape index (κ1) is 11.0. The first-order valence-electron chi connectivity index (χ1n) is 4.65. The summed E-state index contributed by atoms with van der Waals surface area (Å²) in [5, 5.41) is 0. The molecule has 0 bridgehead atoms. The maximum atomic E-state index is 11.2. The van der Waals surface area contributed by atoms with Crippen LogP contribution in [0.4, 0.5) is 4.79 Å². The van der Waals surface area contributed by atoms with Gasteiger partial charge < -0.3 is 14.2 Å². The Morgan fingerprint density at radius 2 is 2.21 bits per heavy atom. The molecule has 0 radical (unpaired) electrons. The van der Waals surface area contributed by atoms with Crippen molar-refractivity contribution in [3.05, 3.63) is 12.2 Å². The molecule has 0 aliphatic carbocycles. The van der Waals surface area contributed by atoms with Crippen LogP contribution in [-0.4, -0.2) is 24.7 Å². The van der Waals surface area contributed by atoms with Crippen molar-refractivity contribution in [2.75, 3.05) is 6.61 Å². The molecule has 4 nitrogen and oxygen atoms in total. The molecule has 1 aliphatic heterocycles. The van der Waals surface area contributed by atoms with Crippen molar-refractivity contribution < 1.29 is 19.0 Å². The summed E-state index contributed by atoms with van der Waals surface area (Å²) in [5.74, 6) is 0. The van der Waals surface area contributed by atoms with Crippen LogP contribution in [0.15, 0.2) is 12.2 Å². The summed E-state index contributed by atoms with van der Waals surface area (Å²) in [4.78, 5) is 11.2. The molecule has 0 aromatic rings. The van der Waals surface area contributed by atoms with Crippen LogP contribution < -0.4 is 0 Å². The molecule has 4 heteroatoms. The van der Waals surface area contributed by atoms with E-state index in [4.69, 9.17) is 14.2 Å². The molecule has 0 N–H and O–H groups in total. The van der Waals surface area contributed by atoms with Gasteiger partial charge in [-0.15, -0.1) is 0 Å². The Balaban J connectivity index is 2.33. The standard InChI is InChI=1S/C10H16O4/c1-10(2,3)14-9(11)13-8-6-4-5-7-12-8/h4,6,8H,5,7H2,1-3H3. The lowest BCUT2D eigenvalue weighted by Gasteiger charge is -2.22. The van der Waals surface area contributed by atoms with E-state index in [0.717, 1.165) is 6.42 Å². The zero-order chi connectivity index (χ0) is 10.6. The number of hydrogen-bond donors (Lipinski definition) is 0. The van der Waals surface area contributed by atoms with Crippen LogP contribution in [-0.2, 0) is 14.2 Å². The predicted octanol–water partition coefficient (Wildman–Crippen LogP) is 2.24. The van der Waals surface area contributed by atoms with Gasteiger partial charge in [-0.2, -0.15) is 0 Å². The van der Waals surface area contributed by atoms with Crippen molar-refractivity contribution in [2.24, 2.45) is 0 Å². The largest absolute Gasteiger partial charge is 0.511 e. The summed E-state index contributed by atoms with van der Waals surface area (Å²) >= 11 is 0. The highest BCUT2D eigenvalue weighted by Gasteiger charge is 2.21. The van der Waals surface area contributed by atoms with Crippen LogP contribution in [0.3, 0.4) is 0 Å². The fourth-order valence-corrected chi connectivity index (χ4v) is 0.957. The average Bonchev–Trinajstić information content (AvgIpc) is 2.02. The fraction of sp³-hybridized carbons (Fsp3) is 0.700. The molecule has 14 heavy (non-hydrogen) atoms. The number of hydrogen-bond acceptors (Lipinski definition) is 4. The van der Waals surface area contributed by atoms with E-state index in [1.807, 2.05) is 6.08 Å². The van der Waals surface area contributed by atoms with Crippen molar-refractivity contribution in [3.8, 4) is 0 Å². The monoisotopic (exact) mass is 200 g/mol. The van der Waals surface area contributed by atoms with E-state index in [9.17, 15) is 4.79 Å². The lowest BCUT2D eigenvalue weighted by atomic mass is 10.2. The Labute approximate surface area is 83.8 Å². The van der Waals surface area contributed by atoms with Crippen molar-refractivity contribution in [1.82, 2.24) is 0 Å². The van der Waals surface area contributed by atoms with Crippen LogP contribution in [0.5, 0.6) is 0 Å². The predicted molar refractivity (Wildman–Crippen MR) is 50.8 cm³/mol. The Kier molecular flexibility index (Phi) is 3.52. The maximum Gasteiger partial charge on any atom is 0.511 e. The van der Waals surface area contributed by atoms with Crippen molar-refractivity contribution in [2.45, 2.75) is 39.1 Å². The first-order valence-corrected chi connectivity index (χ1v) is 4.65. The number of carbonyl (C=O) groups is 1. The number of ether oxygens (including phenoxy) is 3. The summed E-state index contributed by atoms with van der Waals surface area (Å²) in [6, 6.07) is 0. The average molecular weight is 200 g/mol.